The van der Waals surface area contributed by atoms with E-state index < -0.39 is 21.6 Å². The number of carboxylic acid groups (broad SMARTS) is 1. The third-order valence-electron chi connectivity index (χ3n) is 3.10. The minimum Gasteiger partial charge on any atom is -0.495 e. The number of hydrogen-bond donors (Lipinski definition) is 3. The summed E-state index contributed by atoms with van der Waals surface area (Å²) in [4.78, 5) is 10.7. The van der Waals surface area contributed by atoms with E-state index in [2.05, 4.69) is 4.72 Å². The molecule has 0 spiro atoms. The number of hydrogen-bond acceptors (Lipinski definition) is 5. The first-order chi connectivity index (χ1) is 9.63. The molecule has 0 fully saturated rings. The highest BCUT2D eigenvalue weighted by atomic mass is 32.2. The van der Waals surface area contributed by atoms with Gasteiger partial charge in [-0.15, -0.1) is 0 Å². The third-order valence-corrected chi connectivity index (χ3v) is 4.53. The van der Waals surface area contributed by atoms with E-state index in [4.69, 9.17) is 9.84 Å². The Morgan fingerprint density at radius 1 is 1.43 bits per heavy atom. The van der Waals surface area contributed by atoms with E-state index in [0.29, 0.717) is 6.42 Å². The van der Waals surface area contributed by atoms with Crippen molar-refractivity contribution in [2.75, 3.05) is 13.7 Å². The van der Waals surface area contributed by atoms with E-state index in [-0.39, 0.29) is 22.8 Å². The van der Waals surface area contributed by atoms with Crippen molar-refractivity contribution in [2.24, 2.45) is 0 Å². The smallest absolute Gasteiger partial charge is 0.335 e. The van der Waals surface area contributed by atoms with Crippen molar-refractivity contribution in [3.63, 3.8) is 0 Å². The van der Waals surface area contributed by atoms with Crippen molar-refractivity contribution < 1.29 is 28.2 Å². The lowest BCUT2D eigenvalue weighted by Crippen LogP contribution is -2.40. The van der Waals surface area contributed by atoms with Crippen LogP contribution >= 0.6 is 0 Å². The lowest BCUT2D eigenvalue weighted by atomic mass is 10.1. The van der Waals surface area contributed by atoms with E-state index in [0.717, 1.165) is 6.07 Å². The van der Waals surface area contributed by atoms with Crippen molar-refractivity contribution in [2.45, 2.75) is 30.8 Å². The first-order valence-electron chi connectivity index (χ1n) is 6.26. The topological polar surface area (TPSA) is 113 Å². The number of carbonyl (C=O) groups is 1. The van der Waals surface area contributed by atoms with Crippen LogP contribution in [0.25, 0.3) is 0 Å². The lowest BCUT2D eigenvalue weighted by molar-refractivity contribution is 0.0612. The van der Waals surface area contributed by atoms with Crippen LogP contribution in [0.15, 0.2) is 23.1 Å². The van der Waals surface area contributed by atoms with Crippen LogP contribution < -0.4 is 9.46 Å². The summed E-state index contributed by atoms with van der Waals surface area (Å²) in [6.45, 7) is 3.03. The summed E-state index contributed by atoms with van der Waals surface area (Å²) in [6.07, 6.45) is 0.363. The van der Waals surface area contributed by atoms with Gasteiger partial charge in [0.15, 0.2) is 0 Å². The monoisotopic (exact) mass is 317 g/mol. The van der Waals surface area contributed by atoms with Crippen LogP contribution in [0, 0.1) is 0 Å². The number of methoxy groups -OCH3 is 1. The molecule has 118 valence electrons. The van der Waals surface area contributed by atoms with E-state index in [1.54, 1.807) is 6.92 Å². The second kappa shape index (κ2) is 6.42. The lowest BCUT2D eigenvalue weighted by Gasteiger charge is -2.22. The number of aromatic carboxylic acids is 1. The van der Waals surface area contributed by atoms with Gasteiger partial charge in [0.25, 0.3) is 0 Å². The molecule has 21 heavy (non-hydrogen) atoms. The number of aliphatic hydroxyl groups is 1. The van der Waals surface area contributed by atoms with Gasteiger partial charge >= 0.3 is 5.97 Å². The van der Waals surface area contributed by atoms with Crippen molar-refractivity contribution in [1.29, 1.82) is 0 Å². The number of benzene rings is 1. The molecule has 8 heteroatoms. The number of rotatable bonds is 7. The summed E-state index contributed by atoms with van der Waals surface area (Å²) in [5.74, 6) is -1.21. The van der Waals surface area contributed by atoms with E-state index in [1.165, 1.54) is 26.2 Å². The average molecular weight is 317 g/mol. The number of ether oxygens (including phenoxy) is 1. The maximum atomic E-state index is 12.3. The summed E-state index contributed by atoms with van der Waals surface area (Å²) in [5.41, 5.74) is -1.36. The molecule has 0 saturated carbocycles. The van der Waals surface area contributed by atoms with Gasteiger partial charge in [-0.2, -0.15) is 0 Å². The fourth-order valence-electron chi connectivity index (χ4n) is 1.47. The van der Waals surface area contributed by atoms with Gasteiger partial charge in [0.2, 0.25) is 10.0 Å². The summed E-state index contributed by atoms with van der Waals surface area (Å²) >= 11 is 0. The molecule has 0 saturated heterocycles. The SMILES string of the molecule is CCC(C)(O)CNS(=O)(=O)c1cc(C(=O)O)ccc1OC. The molecule has 0 amide bonds. The molecule has 0 aliphatic rings. The molecule has 3 N–H and O–H groups in total. The van der Waals surface area contributed by atoms with Crippen LogP contribution in [0.4, 0.5) is 0 Å². The van der Waals surface area contributed by atoms with Gasteiger partial charge < -0.3 is 14.9 Å². The second-order valence-corrected chi connectivity index (χ2v) is 6.58. The number of carboxylic acids is 1. The highest BCUT2D eigenvalue weighted by molar-refractivity contribution is 7.89. The second-order valence-electron chi connectivity index (χ2n) is 4.85. The molecule has 0 radical (unpaired) electrons. The van der Waals surface area contributed by atoms with Gasteiger partial charge in [0, 0.05) is 6.54 Å². The molecule has 0 bridgehead atoms. The first kappa shape index (κ1) is 17.4. The molecule has 1 aromatic rings. The Morgan fingerprint density at radius 2 is 2.05 bits per heavy atom. The largest absolute Gasteiger partial charge is 0.495 e. The summed E-state index contributed by atoms with van der Waals surface area (Å²) in [5, 5.41) is 18.8. The molecule has 1 atom stereocenters. The van der Waals surface area contributed by atoms with Crippen LogP contribution in [0.2, 0.25) is 0 Å². The van der Waals surface area contributed by atoms with Crippen molar-refractivity contribution >= 4 is 16.0 Å². The Bertz CT molecular complexity index is 624. The normalized spacial score (nSPS) is 14.5. The van der Waals surface area contributed by atoms with Gasteiger partial charge in [-0.1, -0.05) is 6.92 Å². The predicted molar refractivity (Wildman–Crippen MR) is 76.1 cm³/mol. The number of sulfonamides is 1. The Balaban J connectivity index is 3.17. The zero-order chi connectivity index (χ0) is 16.3. The van der Waals surface area contributed by atoms with Crippen molar-refractivity contribution in [3.8, 4) is 5.75 Å². The Kier molecular flexibility index (Phi) is 5.32. The summed E-state index contributed by atoms with van der Waals surface area (Å²) in [6, 6.07) is 3.54. The average Bonchev–Trinajstić information content (AvgIpc) is 2.44. The van der Waals surface area contributed by atoms with Gasteiger partial charge in [0.1, 0.15) is 10.6 Å². The van der Waals surface area contributed by atoms with Gasteiger partial charge in [-0.05, 0) is 31.5 Å². The molecule has 1 rings (SSSR count). The maximum absolute atomic E-state index is 12.3. The molecule has 0 aliphatic carbocycles. The molecule has 0 aromatic heterocycles. The maximum Gasteiger partial charge on any atom is 0.335 e. The Morgan fingerprint density at radius 3 is 2.52 bits per heavy atom. The van der Waals surface area contributed by atoms with E-state index in [1.807, 2.05) is 0 Å². The quantitative estimate of drug-likeness (QED) is 0.686. The van der Waals surface area contributed by atoms with Crippen LogP contribution in [-0.4, -0.2) is 43.9 Å². The third kappa shape index (κ3) is 4.42. The standard InChI is InChI=1S/C13H19NO6S/c1-4-13(2,17)8-14-21(18,19)11-7-9(12(15)16)5-6-10(11)20-3/h5-7,14,17H,4,8H2,1-3H3,(H,15,16). The van der Waals surface area contributed by atoms with Gasteiger partial charge in [0.05, 0.1) is 18.3 Å². The van der Waals surface area contributed by atoms with Crippen LogP contribution in [-0.2, 0) is 10.0 Å². The zero-order valence-corrected chi connectivity index (χ0v) is 12.9. The highest BCUT2D eigenvalue weighted by Gasteiger charge is 2.25. The minimum absolute atomic E-state index is 0.0311. The molecule has 1 aromatic carbocycles. The Hall–Kier alpha value is -1.64. The fourth-order valence-corrected chi connectivity index (χ4v) is 2.83. The molecule has 0 heterocycles. The summed E-state index contributed by atoms with van der Waals surface area (Å²) in [7, 11) is -2.71. The van der Waals surface area contributed by atoms with E-state index >= 15 is 0 Å². The Labute approximate surface area is 123 Å². The first-order valence-corrected chi connectivity index (χ1v) is 7.74. The number of nitrogens with one attached hydrogen (secondary N) is 1. The van der Waals surface area contributed by atoms with Crippen LogP contribution in [0.1, 0.15) is 30.6 Å². The molecule has 7 nitrogen and oxygen atoms in total. The molecule has 1 unspecified atom stereocenters. The molecule has 0 aliphatic heterocycles. The van der Waals surface area contributed by atoms with Gasteiger partial charge in [-0.25, -0.2) is 17.9 Å². The predicted octanol–water partition coefficient (Wildman–Crippen LogP) is 0.833. The van der Waals surface area contributed by atoms with Crippen LogP contribution in [0.3, 0.4) is 0 Å². The zero-order valence-electron chi connectivity index (χ0n) is 12.1. The van der Waals surface area contributed by atoms with Crippen molar-refractivity contribution in [3.05, 3.63) is 23.8 Å². The van der Waals surface area contributed by atoms with E-state index in [9.17, 15) is 18.3 Å². The van der Waals surface area contributed by atoms with Crippen molar-refractivity contribution in [1.82, 2.24) is 4.72 Å². The minimum atomic E-state index is -4.00. The molecular formula is C13H19NO6S. The summed E-state index contributed by atoms with van der Waals surface area (Å²) < 4.78 is 31.7. The highest BCUT2D eigenvalue weighted by Crippen LogP contribution is 2.25. The van der Waals surface area contributed by atoms with Gasteiger partial charge in [-0.3, -0.25) is 0 Å². The fraction of sp³-hybridized carbons (Fsp3) is 0.462. The molecular weight excluding hydrogens is 298 g/mol. The van der Waals surface area contributed by atoms with Crippen LogP contribution in [0.5, 0.6) is 5.75 Å².